The van der Waals surface area contributed by atoms with Crippen LogP contribution in [0.1, 0.15) is 38.5 Å². The highest BCUT2D eigenvalue weighted by Crippen LogP contribution is 2.27. The number of carbonyl (C=O) groups is 1. The molecule has 1 aromatic heterocycles. The third-order valence-corrected chi connectivity index (χ3v) is 8.85. The summed E-state index contributed by atoms with van der Waals surface area (Å²) in [5.74, 6) is 0.188. The maximum absolute atomic E-state index is 12.9. The summed E-state index contributed by atoms with van der Waals surface area (Å²) < 4.78 is 27.3. The van der Waals surface area contributed by atoms with E-state index in [1.807, 2.05) is 25.2 Å². The summed E-state index contributed by atoms with van der Waals surface area (Å²) in [6.07, 6.45) is 7.39. The number of nitrogens with one attached hydrogen (secondary N) is 1. The number of hydrogen-bond acceptors (Lipinski definition) is 6. The van der Waals surface area contributed by atoms with E-state index in [4.69, 9.17) is 0 Å². The number of sulfonamides is 1. The maximum Gasteiger partial charge on any atom is 0.244 e. The van der Waals surface area contributed by atoms with Gasteiger partial charge in [0.15, 0.2) is 0 Å². The first-order valence-corrected chi connectivity index (χ1v) is 13.9. The van der Waals surface area contributed by atoms with Crippen LogP contribution < -0.4 is 10.2 Å². The monoisotopic (exact) mass is 490 g/mol. The Kier molecular flexibility index (Phi) is 9.58. The fourth-order valence-corrected chi connectivity index (χ4v) is 5.99. The van der Waals surface area contributed by atoms with E-state index in [0.29, 0.717) is 11.6 Å². The van der Waals surface area contributed by atoms with E-state index in [1.165, 1.54) is 28.7 Å². The topological polar surface area (TPSA) is 82.6 Å². The van der Waals surface area contributed by atoms with Crippen molar-refractivity contribution < 1.29 is 13.2 Å². The Morgan fingerprint density at radius 1 is 1.09 bits per heavy atom. The van der Waals surface area contributed by atoms with Crippen LogP contribution in [0.3, 0.4) is 0 Å². The van der Waals surface area contributed by atoms with Gasteiger partial charge in [-0.3, -0.25) is 4.79 Å². The average molecular weight is 491 g/mol. The summed E-state index contributed by atoms with van der Waals surface area (Å²) in [4.78, 5) is 18.8. The molecule has 1 N–H and O–H groups in total. The van der Waals surface area contributed by atoms with Crippen LogP contribution in [0.2, 0.25) is 0 Å². The Labute approximate surface area is 202 Å². The summed E-state index contributed by atoms with van der Waals surface area (Å²) in [6.45, 7) is 1.46. The molecule has 1 heterocycles. The van der Waals surface area contributed by atoms with Crippen LogP contribution in [-0.2, 0) is 14.8 Å². The first-order chi connectivity index (χ1) is 15.9. The second-order valence-electron chi connectivity index (χ2n) is 8.39. The van der Waals surface area contributed by atoms with E-state index >= 15 is 0 Å². The molecular weight excluding hydrogens is 456 g/mol. The Balaban J connectivity index is 1.40. The number of aromatic nitrogens is 1. The Morgan fingerprint density at radius 3 is 2.48 bits per heavy atom. The maximum atomic E-state index is 12.9. The number of benzene rings is 1. The summed E-state index contributed by atoms with van der Waals surface area (Å²) in [5.41, 5.74) is 1.15. The Bertz CT molecular complexity index is 979. The number of hydrogen-bond donors (Lipinski definition) is 1. The first kappa shape index (κ1) is 25.5. The van der Waals surface area contributed by atoms with Gasteiger partial charge >= 0.3 is 0 Å². The molecule has 3 rings (SSSR count). The lowest BCUT2D eigenvalue weighted by atomic mass is 9.96. The summed E-state index contributed by atoms with van der Waals surface area (Å²) >= 11 is 1.30. The van der Waals surface area contributed by atoms with Crippen molar-refractivity contribution in [1.29, 1.82) is 0 Å². The highest BCUT2D eigenvalue weighted by molar-refractivity contribution is 7.99. The molecule has 0 atom stereocenters. The minimum Gasteiger partial charge on any atom is -0.375 e. The van der Waals surface area contributed by atoms with Crippen LogP contribution in [0.25, 0.3) is 0 Å². The minimum atomic E-state index is -3.55. The molecule has 2 aromatic rings. The van der Waals surface area contributed by atoms with E-state index in [9.17, 15) is 13.2 Å². The highest BCUT2D eigenvalue weighted by atomic mass is 32.2. The van der Waals surface area contributed by atoms with Crippen molar-refractivity contribution in [3.8, 4) is 0 Å². The van der Waals surface area contributed by atoms with E-state index in [2.05, 4.69) is 27.3 Å². The minimum absolute atomic E-state index is 0.0575. The molecule has 1 aliphatic carbocycles. The second kappa shape index (κ2) is 12.4. The van der Waals surface area contributed by atoms with Crippen LogP contribution in [0.15, 0.2) is 58.6 Å². The standard InChI is InChI=1S/C24H34N4O3S2/c1-27(20-10-5-3-6-11-20)17-9-16-25-23(29)19-32-24-15-14-22(18-26-24)33(30,31)28(2)21-12-7-4-8-13-21/h3,5-6,10-11,14-15,18,21H,4,7-9,12-13,16-17,19H2,1-2H3,(H,25,29). The fourth-order valence-electron chi connectivity index (χ4n) is 3.96. The van der Waals surface area contributed by atoms with Gasteiger partial charge in [-0.2, -0.15) is 4.31 Å². The molecule has 0 unspecified atom stereocenters. The number of rotatable bonds is 11. The number of pyridine rings is 1. The largest absolute Gasteiger partial charge is 0.375 e. The lowest BCUT2D eigenvalue weighted by Crippen LogP contribution is -2.38. The summed E-state index contributed by atoms with van der Waals surface area (Å²) in [7, 11) is 0.149. The van der Waals surface area contributed by atoms with Crippen LogP contribution in [0.5, 0.6) is 0 Å². The zero-order valence-electron chi connectivity index (χ0n) is 19.4. The number of para-hydroxylation sites is 1. The number of anilines is 1. The van der Waals surface area contributed by atoms with Gasteiger partial charge in [-0.05, 0) is 43.5 Å². The van der Waals surface area contributed by atoms with Crippen molar-refractivity contribution in [2.45, 2.75) is 54.5 Å². The third kappa shape index (κ3) is 7.45. The molecular formula is C24H34N4O3S2. The van der Waals surface area contributed by atoms with Crippen molar-refractivity contribution in [1.82, 2.24) is 14.6 Å². The molecule has 9 heteroatoms. The number of carbonyl (C=O) groups excluding carboxylic acids is 1. The third-order valence-electron chi connectivity index (χ3n) is 6.02. The van der Waals surface area contributed by atoms with Crippen molar-refractivity contribution in [3.05, 3.63) is 48.7 Å². The molecule has 1 amide bonds. The summed E-state index contributed by atoms with van der Waals surface area (Å²) in [6, 6.07) is 13.5. The van der Waals surface area contributed by atoms with Crippen LogP contribution in [-0.4, -0.2) is 62.6 Å². The predicted molar refractivity (Wildman–Crippen MR) is 134 cm³/mol. The number of amides is 1. The van der Waals surface area contributed by atoms with Gasteiger partial charge in [0.05, 0.1) is 10.8 Å². The molecule has 0 radical (unpaired) electrons. The average Bonchev–Trinajstić information content (AvgIpc) is 2.86. The van der Waals surface area contributed by atoms with Crippen molar-refractivity contribution in [3.63, 3.8) is 0 Å². The lowest BCUT2D eigenvalue weighted by molar-refractivity contribution is -0.118. The zero-order chi connectivity index (χ0) is 23.7. The Hall–Kier alpha value is -2.10. The summed E-state index contributed by atoms with van der Waals surface area (Å²) in [5, 5.41) is 3.56. The molecule has 1 fully saturated rings. The van der Waals surface area contributed by atoms with Gasteiger partial charge in [0.1, 0.15) is 4.90 Å². The van der Waals surface area contributed by atoms with Crippen molar-refractivity contribution >= 4 is 33.4 Å². The number of thioether (sulfide) groups is 1. The van der Waals surface area contributed by atoms with Crippen molar-refractivity contribution in [2.75, 3.05) is 37.8 Å². The zero-order valence-corrected chi connectivity index (χ0v) is 21.1. The first-order valence-electron chi connectivity index (χ1n) is 11.5. The normalized spacial score (nSPS) is 14.9. The van der Waals surface area contributed by atoms with Crippen molar-refractivity contribution in [2.24, 2.45) is 0 Å². The van der Waals surface area contributed by atoms with Crippen LogP contribution in [0.4, 0.5) is 5.69 Å². The second-order valence-corrected chi connectivity index (χ2v) is 11.4. The molecule has 7 nitrogen and oxygen atoms in total. The Morgan fingerprint density at radius 2 is 1.82 bits per heavy atom. The fraction of sp³-hybridized carbons (Fsp3) is 0.500. The van der Waals surface area contributed by atoms with E-state index in [0.717, 1.165) is 44.3 Å². The van der Waals surface area contributed by atoms with Gasteiger partial charge in [0.2, 0.25) is 15.9 Å². The molecule has 1 aromatic carbocycles. The molecule has 180 valence electrons. The van der Waals surface area contributed by atoms with Gasteiger partial charge in [-0.1, -0.05) is 49.2 Å². The predicted octanol–water partition coefficient (Wildman–Crippen LogP) is 3.77. The quantitative estimate of drug-likeness (QED) is 0.381. The highest BCUT2D eigenvalue weighted by Gasteiger charge is 2.29. The SMILES string of the molecule is CN(CCCNC(=O)CSc1ccc(S(=O)(=O)N(C)C2CCCCC2)cn1)c1ccccc1. The van der Waals surface area contributed by atoms with Gasteiger partial charge < -0.3 is 10.2 Å². The van der Waals surface area contributed by atoms with Crippen LogP contribution in [0, 0.1) is 0 Å². The van der Waals surface area contributed by atoms with Gasteiger partial charge in [-0.25, -0.2) is 13.4 Å². The smallest absolute Gasteiger partial charge is 0.244 e. The molecule has 0 saturated heterocycles. The molecule has 0 bridgehead atoms. The van der Waals surface area contributed by atoms with Crippen LogP contribution >= 0.6 is 11.8 Å². The molecule has 0 spiro atoms. The van der Waals surface area contributed by atoms with E-state index in [-0.39, 0.29) is 22.6 Å². The molecule has 33 heavy (non-hydrogen) atoms. The molecule has 1 saturated carbocycles. The van der Waals surface area contributed by atoms with Gasteiger partial charge in [0.25, 0.3) is 0 Å². The number of nitrogens with zero attached hydrogens (tertiary/aromatic N) is 3. The van der Waals surface area contributed by atoms with E-state index in [1.54, 1.807) is 19.2 Å². The van der Waals surface area contributed by atoms with E-state index < -0.39 is 10.0 Å². The van der Waals surface area contributed by atoms with Gasteiger partial charge in [0, 0.05) is 45.1 Å². The van der Waals surface area contributed by atoms with Gasteiger partial charge in [-0.15, -0.1) is 0 Å². The lowest BCUT2D eigenvalue weighted by Gasteiger charge is -2.30. The molecule has 0 aliphatic heterocycles. The molecule has 1 aliphatic rings.